The van der Waals surface area contributed by atoms with Crippen LogP contribution in [0.3, 0.4) is 0 Å². The number of para-hydroxylation sites is 1. The lowest BCUT2D eigenvalue weighted by molar-refractivity contribution is -0.126. The molecule has 2 aliphatic heterocycles. The van der Waals surface area contributed by atoms with E-state index in [4.69, 9.17) is 9.47 Å². The number of rotatable bonds is 6. The van der Waals surface area contributed by atoms with E-state index in [2.05, 4.69) is 5.32 Å². The molecule has 1 fully saturated rings. The van der Waals surface area contributed by atoms with Gasteiger partial charge < -0.3 is 14.8 Å². The SMILES string of the molecule is COc1cccc2c1OCC(C(=O)NCCS(=O)(=O)N1CCCC1)C2. The van der Waals surface area contributed by atoms with Gasteiger partial charge in [0.25, 0.3) is 0 Å². The van der Waals surface area contributed by atoms with E-state index in [1.807, 2.05) is 18.2 Å². The normalized spacial score (nSPS) is 20.6. The van der Waals surface area contributed by atoms with Crippen LogP contribution in [-0.4, -0.2) is 57.7 Å². The third-order valence-electron chi connectivity index (χ3n) is 4.66. The van der Waals surface area contributed by atoms with E-state index in [9.17, 15) is 13.2 Å². The molecule has 8 heteroatoms. The summed E-state index contributed by atoms with van der Waals surface area (Å²) in [6, 6.07) is 5.60. The van der Waals surface area contributed by atoms with Gasteiger partial charge in [-0.15, -0.1) is 0 Å². The Kier molecular flexibility index (Phi) is 5.48. The number of fused-ring (bicyclic) bond motifs is 1. The van der Waals surface area contributed by atoms with Crippen LogP contribution in [-0.2, 0) is 21.2 Å². The van der Waals surface area contributed by atoms with Crippen LogP contribution in [0.25, 0.3) is 0 Å². The zero-order valence-corrected chi connectivity index (χ0v) is 15.2. The maximum absolute atomic E-state index is 12.3. The number of carbonyl (C=O) groups is 1. The molecule has 138 valence electrons. The molecule has 2 heterocycles. The Morgan fingerprint density at radius 3 is 2.84 bits per heavy atom. The zero-order chi connectivity index (χ0) is 17.9. The van der Waals surface area contributed by atoms with E-state index in [0.29, 0.717) is 31.0 Å². The van der Waals surface area contributed by atoms with Gasteiger partial charge in [-0.3, -0.25) is 4.79 Å². The maximum Gasteiger partial charge on any atom is 0.226 e. The summed E-state index contributed by atoms with van der Waals surface area (Å²) < 4.78 is 36.8. The van der Waals surface area contributed by atoms with Crippen molar-refractivity contribution in [2.75, 3.05) is 39.1 Å². The number of ether oxygens (including phenoxy) is 2. The summed E-state index contributed by atoms with van der Waals surface area (Å²) in [5, 5.41) is 2.74. The predicted molar refractivity (Wildman–Crippen MR) is 93.3 cm³/mol. The van der Waals surface area contributed by atoms with Crippen molar-refractivity contribution >= 4 is 15.9 Å². The van der Waals surface area contributed by atoms with Gasteiger partial charge in [0.2, 0.25) is 15.9 Å². The molecule has 1 aromatic carbocycles. The molecule has 1 saturated heterocycles. The molecule has 3 rings (SSSR count). The molecule has 7 nitrogen and oxygen atoms in total. The minimum atomic E-state index is -3.27. The summed E-state index contributed by atoms with van der Waals surface area (Å²) in [4.78, 5) is 12.3. The molecule has 1 atom stereocenters. The first-order chi connectivity index (χ1) is 12.0. The number of hydrogen-bond acceptors (Lipinski definition) is 5. The number of methoxy groups -OCH3 is 1. The van der Waals surface area contributed by atoms with E-state index < -0.39 is 10.0 Å². The van der Waals surface area contributed by atoms with Crippen LogP contribution in [0, 0.1) is 5.92 Å². The summed E-state index contributed by atoms with van der Waals surface area (Å²) in [6.07, 6.45) is 2.37. The van der Waals surface area contributed by atoms with Gasteiger partial charge in [0.15, 0.2) is 11.5 Å². The van der Waals surface area contributed by atoms with Gasteiger partial charge in [-0.05, 0) is 30.9 Å². The minimum absolute atomic E-state index is 0.0588. The van der Waals surface area contributed by atoms with Gasteiger partial charge in [0.1, 0.15) is 6.61 Å². The first-order valence-electron chi connectivity index (χ1n) is 8.55. The molecule has 1 N–H and O–H groups in total. The first kappa shape index (κ1) is 18.0. The molecule has 0 spiro atoms. The van der Waals surface area contributed by atoms with Crippen LogP contribution in [0.15, 0.2) is 18.2 Å². The molecule has 1 unspecified atom stereocenters. The standard InChI is InChI=1S/C17H24N2O5S/c1-23-15-6-4-5-13-11-14(12-24-16(13)15)17(20)18-7-10-25(21,22)19-8-2-3-9-19/h4-6,14H,2-3,7-12H2,1H3,(H,18,20). The van der Waals surface area contributed by atoms with E-state index in [0.717, 1.165) is 18.4 Å². The molecular weight excluding hydrogens is 344 g/mol. The van der Waals surface area contributed by atoms with Crippen molar-refractivity contribution in [3.63, 3.8) is 0 Å². The Hall–Kier alpha value is -1.80. The van der Waals surface area contributed by atoms with Crippen LogP contribution in [0.2, 0.25) is 0 Å². The third-order valence-corrected chi connectivity index (χ3v) is 6.54. The second kappa shape index (κ2) is 7.61. The lowest BCUT2D eigenvalue weighted by Gasteiger charge is -2.26. The van der Waals surface area contributed by atoms with E-state index in [-0.39, 0.29) is 30.7 Å². The first-order valence-corrected chi connectivity index (χ1v) is 10.2. The highest BCUT2D eigenvalue weighted by Crippen LogP contribution is 2.35. The van der Waals surface area contributed by atoms with E-state index in [1.165, 1.54) is 4.31 Å². The number of hydrogen-bond donors (Lipinski definition) is 1. The average molecular weight is 368 g/mol. The Morgan fingerprint density at radius 2 is 2.12 bits per heavy atom. The summed E-state index contributed by atoms with van der Waals surface area (Å²) in [5.41, 5.74) is 0.926. The van der Waals surface area contributed by atoms with E-state index >= 15 is 0 Å². The van der Waals surface area contributed by atoms with Gasteiger partial charge in [-0.1, -0.05) is 12.1 Å². The molecule has 0 aromatic heterocycles. The smallest absolute Gasteiger partial charge is 0.226 e. The monoisotopic (exact) mass is 368 g/mol. The Labute approximate surface area is 148 Å². The van der Waals surface area contributed by atoms with Crippen molar-refractivity contribution in [2.24, 2.45) is 5.92 Å². The zero-order valence-electron chi connectivity index (χ0n) is 14.4. The van der Waals surface area contributed by atoms with Crippen molar-refractivity contribution < 1.29 is 22.7 Å². The van der Waals surface area contributed by atoms with Crippen molar-refractivity contribution in [2.45, 2.75) is 19.3 Å². The molecule has 2 aliphatic rings. The van der Waals surface area contributed by atoms with Crippen LogP contribution in [0.1, 0.15) is 18.4 Å². The third kappa shape index (κ3) is 4.07. The van der Waals surface area contributed by atoms with Crippen molar-refractivity contribution in [1.82, 2.24) is 9.62 Å². The van der Waals surface area contributed by atoms with Crippen LogP contribution in [0.5, 0.6) is 11.5 Å². The number of benzene rings is 1. The fourth-order valence-corrected chi connectivity index (χ4v) is 4.70. The molecule has 0 saturated carbocycles. The Morgan fingerprint density at radius 1 is 1.36 bits per heavy atom. The van der Waals surface area contributed by atoms with Gasteiger partial charge >= 0.3 is 0 Å². The summed E-state index contributed by atoms with van der Waals surface area (Å²) in [7, 11) is -1.69. The summed E-state index contributed by atoms with van der Waals surface area (Å²) >= 11 is 0. The van der Waals surface area contributed by atoms with Crippen LogP contribution < -0.4 is 14.8 Å². The minimum Gasteiger partial charge on any atom is -0.493 e. The number of carbonyl (C=O) groups excluding carboxylic acids is 1. The summed E-state index contributed by atoms with van der Waals surface area (Å²) in [5.74, 6) is 0.786. The Balaban J connectivity index is 1.52. The number of nitrogens with zero attached hydrogens (tertiary/aromatic N) is 1. The molecule has 0 bridgehead atoms. The fourth-order valence-electron chi connectivity index (χ4n) is 3.27. The lowest BCUT2D eigenvalue weighted by Crippen LogP contribution is -2.41. The van der Waals surface area contributed by atoms with Crippen LogP contribution in [0.4, 0.5) is 0 Å². The topological polar surface area (TPSA) is 84.9 Å². The number of nitrogens with one attached hydrogen (secondary N) is 1. The highest BCUT2D eigenvalue weighted by atomic mass is 32.2. The van der Waals surface area contributed by atoms with Crippen molar-refractivity contribution in [3.8, 4) is 11.5 Å². The van der Waals surface area contributed by atoms with Crippen molar-refractivity contribution in [1.29, 1.82) is 0 Å². The largest absolute Gasteiger partial charge is 0.493 e. The fraction of sp³-hybridized carbons (Fsp3) is 0.588. The van der Waals surface area contributed by atoms with Gasteiger partial charge in [-0.25, -0.2) is 12.7 Å². The predicted octanol–water partition coefficient (Wildman–Crippen LogP) is 0.788. The van der Waals surface area contributed by atoms with Gasteiger partial charge in [0.05, 0.1) is 18.8 Å². The molecule has 0 aliphatic carbocycles. The Bertz CT molecular complexity index is 729. The average Bonchev–Trinajstić information content (AvgIpc) is 3.16. The van der Waals surface area contributed by atoms with Crippen LogP contribution >= 0.6 is 0 Å². The second-order valence-corrected chi connectivity index (χ2v) is 8.46. The van der Waals surface area contributed by atoms with E-state index in [1.54, 1.807) is 7.11 Å². The highest BCUT2D eigenvalue weighted by Gasteiger charge is 2.29. The van der Waals surface area contributed by atoms with Gasteiger partial charge in [-0.2, -0.15) is 0 Å². The van der Waals surface area contributed by atoms with Crippen molar-refractivity contribution in [3.05, 3.63) is 23.8 Å². The second-order valence-electron chi connectivity index (χ2n) is 6.37. The molecule has 1 amide bonds. The molecule has 1 aromatic rings. The highest BCUT2D eigenvalue weighted by molar-refractivity contribution is 7.89. The lowest BCUT2D eigenvalue weighted by atomic mass is 9.95. The molecule has 0 radical (unpaired) electrons. The molecule has 25 heavy (non-hydrogen) atoms. The molecular formula is C17H24N2O5S. The number of sulfonamides is 1. The quantitative estimate of drug-likeness (QED) is 0.802. The maximum atomic E-state index is 12.3. The van der Waals surface area contributed by atoms with Gasteiger partial charge in [0, 0.05) is 19.6 Å². The summed E-state index contributed by atoms with van der Waals surface area (Å²) in [6.45, 7) is 1.56. The number of amides is 1.